The number of carbonyl (C=O) groups excluding carboxylic acids is 1. The van der Waals surface area contributed by atoms with Gasteiger partial charge in [0.05, 0.1) is 5.52 Å². The summed E-state index contributed by atoms with van der Waals surface area (Å²) in [6, 6.07) is 9.69. The van der Waals surface area contributed by atoms with Gasteiger partial charge in [-0.1, -0.05) is 24.6 Å². The van der Waals surface area contributed by atoms with Crippen LogP contribution in [-0.4, -0.2) is 25.5 Å². The fourth-order valence-corrected chi connectivity index (χ4v) is 6.09. The van der Waals surface area contributed by atoms with Gasteiger partial charge in [-0.25, -0.2) is 0 Å². The van der Waals surface area contributed by atoms with Crippen LogP contribution in [0.15, 0.2) is 36.5 Å². The number of hydrogen-bond donors (Lipinski definition) is 0. The van der Waals surface area contributed by atoms with Crippen LogP contribution in [0.5, 0.6) is 0 Å². The number of nitrogens with zero attached hydrogens (tertiary/aromatic N) is 1. The van der Waals surface area contributed by atoms with Crippen molar-refractivity contribution >= 4 is 27.5 Å². The van der Waals surface area contributed by atoms with E-state index in [1.54, 1.807) is 6.20 Å². The van der Waals surface area contributed by atoms with E-state index >= 15 is 0 Å². The average molecular weight is 313 g/mol. The van der Waals surface area contributed by atoms with Crippen LogP contribution < -0.4 is 0 Å². The van der Waals surface area contributed by atoms with Gasteiger partial charge in [0.1, 0.15) is 0 Å². The van der Waals surface area contributed by atoms with Crippen molar-refractivity contribution in [1.29, 1.82) is 0 Å². The van der Waals surface area contributed by atoms with Crippen LogP contribution in [0.1, 0.15) is 42.5 Å². The summed E-state index contributed by atoms with van der Waals surface area (Å²) in [5.74, 6) is 0.246. The van der Waals surface area contributed by atoms with Gasteiger partial charge >= 0.3 is 0 Å². The number of ketones is 1. The van der Waals surface area contributed by atoms with E-state index in [1.165, 1.54) is 6.42 Å². The third kappa shape index (κ3) is 2.39. The van der Waals surface area contributed by atoms with E-state index in [4.69, 9.17) is 0 Å². The summed E-state index contributed by atoms with van der Waals surface area (Å²) < 4.78 is 12.3. The van der Waals surface area contributed by atoms with Crippen molar-refractivity contribution < 1.29 is 9.00 Å². The highest BCUT2D eigenvalue weighted by Crippen LogP contribution is 2.38. The number of benzene rings is 1. The molecule has 4 rings (SSSR count). The lowest BCUT2D eigenvalue weighted by Gasteiger charge is -2.37. The Kier molecular flexibility index (Phi) is 3.57. The molecule has 0 radical (unpaired) electrons. The molecule has 2 atom stereocenters. The lowest BCUT2D eigenvalue weighted by Crippen LogP contribution is -2.41. The first kappa shape index (κ1) is 14.1. The van der Waals surface area contributed by atoms with Crippen LogP contribution in [0.2, 0.25) is 0 Å². The molecule has 3 heterocycles. The molecule has 2 aromatic rings. The van der Waals surface area contributed by atoms with E-state index in [9.17, 15) is 9.00 Å². The number of fused-ring (bicyclic) bond motifs is 3. The van der Waals surface area contributed by atoms with Gasteiger partial charge in [0.15, 0.2) is 5.78 Å². The lowest BCUT2D eigenvalue weighted by molar-refractivity contribution is 0.0895. The number of pyridine rings is 1. The second-order valence-corrected chi connectivity index (χ2v) is 8.44. The Balaban J connectivity index is 1.61. The van der Waals surface area contributed by atoms with Gasteiger partial charge in [-0.3, -0.25) is 14.0 Å². The smallest absolute Gasteiger partial charge is 0.166 e. The molecule has 0 amide bonds. The Morgan fingerprint density at radius 1 is 1.14 bits per heavy atom. The van der Waals surface area contributed by atoms with Crippen LogP contribution >= 0.6 is 0 Å². The van der Waals surface area contributed by atoms with E-state index < -0.39 is 10.8 Å². The molecule has 1 aromatic carbocycles. The summed E-state index contributed by atoms with van der Waals surface area (Å²) in [6.07, 6.45) is 6.55. The molecule has 0 aliphatic carbocycles. The Morgan fingerprint density at radius 3 is 2.68 bits per heavy atom. The minimum absolute atomic E-state index is 0.0363. The highest BCUT2D eigenvalue weighted by Gasteiger charge is 2.40. The van der Waals surface area contributed by atoms with Crippen molar-refractivity contribution in [3.8, 4) is 0 Å². The topological polar surface area (TPSA) is 47.0 Å². The monoisotopic (exact) mass is 313 g/mol. The molecule has 22 heavy (non-hydrogen) atoms. The van der Waals surface area contributed by atoms with Gasteiger partial charge in [0.2, 0.25) is 0 Å². The number of rotatable bonds is 2. The molecular weight excluding hydrogens is 294 g/mol. The summed E-state index contributed by atoms with van der Waals surface area (Å²) in [7, 11) is -0.716. The van der Waals surface area contributed by atoms with Crippen LogP contribution in [0.25, 0.3) is 10.9 Å². The Hall–Kier alpha value is -1.55. The number of hydrogen-bond acceptors (Lipinski definition) is 3. The molecule has 3 nitrogen and oxygen atoms in total. The molecule has 2 bridgehead atoms. The minimum Gasteiger partial charge on any atom is -0.294 e. The van der Waals surface area contributed by atoms with Crippen LogP contribution in [0, 0.1) is 5.92 Å². The quantitative estimate of drug-likeness (QED) is 0.797. The number of Topliss-reactive ketones (excluding diaryl/α,β-unsaturated/α-hetero) is 1. The predicted molar refractivity (Wildman–Crippen MR) is 88.4 cm³/mol. The summed E-state index contributed by atoms with van der Waals surface area (Å²) in [5, 5.41) is 1.53. The van der Waals surface area contributed by atoms with E-state index in [2.05, 4.69) is 4.98 Å². The number of aromatic nitrogens is 1. The molecule has 0 saturated carbocycles. The molecule has 1 aromatic heterocycles. The normalized spacial score (nSPS) is 31.1. The summed E-state index contributed by atoms with van der Waals surface area (Å²) in [5.41, 5.74) is 1.62. The maximum absolute atomic E-state index is 12.9. The first-order valence-electron chi connectivity index (χ1n) is 8.01. The zero-order valence-corrected chi connectivity index (χ0v) is 13.2. The third-order valence-electron chi connectivity index (χ3n) is 5.07. The molecule has 0 N–H and O–H groups in total. The maximum atomic E-state index is 12.9. The van der Waals surface area contributed by atoms with Gasteiger partial charge < -0.3 is 0 Å². The van der Waals surface area contributed by atoms with Gasteiger partial charge in [-0.05, 0) is 37.8 Å². The Bertz CT molecular complexity index is 742. The second-order valence-electron chi connectivity index (χ2n) is 6.45. The highest BCUT2D eigenvalue weighted by molar-refractivity contribution is 7.86. The van der Waals surface area contributed by atoms with Crippen molar-refractivity contribution in [1.82, 2.24) is 4.98 Å². The van der Waals surface area contributed by atoms with E-state index in [0.29, 0.717) is 0 Å². The summed E-state index contributed by atoms with van der Waals surface area (Å²) >= 11 is 0. The summed E-state index contributed by atoms with van der Waals surface area (Å²) in [4.78, 5) is 17.2. The van der Waals surface area contributed by atoms with E-state index in [1.807, 2.05) is 30.3 Å². The molecule has 2 aliphatic heterocycles. The van der Waals surface area contributed by atoms with Crippen molar-refractivity contribution in [2.45, 2.75) is 42.6 Å². The van der Waals surface area contributed by atoms with Crippen molar-refractivity contribution in [2.24, 2.45) is 5.92 Å². The molecular formula is C18H19NO2S. The Morgan fingerprint density at radius 2 is 1.91 bits per heavy atom. The lowest BCUT2D eigenvalue weighted by atomic mass is 9.84. The molecule has 2 aliphatic rings. The summed E-state index contributed by atoms with van der Waals surface area (Å²) in [6.45, 7) is 0. The first-order valence-corrected chi connectivity index (χ1v) is 9.28. The SMILES string of the molecule is O=C(c1ccc2cccnc2c1)C1CC2CCCC(C1)S2=O. The molecule has 114 valence electrons. The van der Waals surface area contributed by atoms with Gasteiger partial charge in [-0.15, -0.1) is 0 Å². The van der Waals surface area contributed by atoms with Gasteiger partial charge in [0.25, 0.3) is 0 Å². The third-order valence-corrected chi connectivity index (χ3v) is 7.24. The standard InChI is InChI=1S/C18H19NO2S/c20-18(13-7-6-12-3-2-8-19-17(12)11-13)14-9-15-4-1-5-16(10-14)22(15)21/h2-3,6-8,11,14-16H,1,4-5,9-10H2. The van der Waals surface area contributed by atoms with Gasteiger partial charge in [0, 0.05) is 44.4 Å². The van der Waals surface area contributed by atoms with Gasteiger partial charge in [-0.2, -0.15) is 0 Å². The van der Waals surface area contributed by atoms with Crippen LogP contribution in [-0.2, 0) is 10.8 Å². The molecule has 2 fully saturated rings. The van der Waals surface area contributed by atoms with Crippen molar-refractivity contribution in [3.05, 3.63) is 42.1 Å². The zero-order valence-electron chi connectivity index (χ0n) is 12.4. The number of carbonyl (C=O) groups is 1. The second kappa shape index (κ2) is 5.58. The molecule has 4 heteroatoms. The predicted octanol–water partition coefficient (Wildman–Crippen LogP) is 3.50. The van der Waals surface area contributed by atoms with Crippen LogP contribution in [0.3, 0.4) is 0 Å². The Labute approximate surface area is 132 Å². The zero-order chi connectivity index (χ0) is 15.1. The molecule has 2 unspecified atom stereocenters. The highest BCUT2D eigenvalue weighted by atomic mass is 32.2. The molecule has 2 saturated heterocycles. The average Bonchev–Trinajstić information content (AvgIpc) is 2.53. The van der Waals surface area contributed by atoms with Crippen molar-refractivity contribution in [2.75, 3.05) is 0 Å². The van der Waals surface area contributed by atoms with E-state index in [-0.39, 0.29) is 22.2 Å². The molecule has 0 spiro atoms. The fourth-order valence-electron chi connectivity index (χ4n) is 3.90. The largest absolute Gasteiger partial charge is 0.294 e. The fraction of sp³-hybridized carbons (Fsp3) is 0.444. The van der Waals surface area contributed by atoms with Crippen molar-refractivity contribution in [3.63, 3.8) is 0 Å². The maximum Gasteiger partial charge on any atom is 0.166 e. The first-order chi connectivity index (χ1) is 10.7. The minimum atomic E-state index is -0.716. The van der Waals surface area contributed by atoms with E-state index in [0.717, 1.165) is 42.1 Å². The van der Waals surface area contributed by atoms with Crippen LogP contribution in [0.4, 0.5) is 0 Å².